The lowest BCUT2D eigenvalue weighted by Crippen LogP contribution is -1.95. The lowest BCUT2D eigenvalue weighted by molar-refractivity contribution is -0.386. The van der Waals surface area contributed by atoms with Crippen LogP contribution in [0.15, 0.2) is 24.3 Å². The summed E-state index contributed by atoms with van der Waals surface area (Å²) in [6.07, 6.45) is 0. The topological polar surface area (TPSA) is 86.3 Å². The first kappa shape index (κ1) is 19.3. The molecule has 0 fully saturated rings. The largest absolute Gasteiger partial charge is 0.275 e. The zero-order valence-electron chi connectivity index (χ0n) is 14.8. The van der Waals surface area contributed by atoms with Crippen molar-refractivity contribution in [3.8, 4) is 0 Å². The number of nitrogens with zero attached hydrogens (tertiary/aromatic N) is 2. The minimum Gasteiger partial charge on any atom is -0.258 e. The molecule has 0 aliphatic heterocycles. The van der Waals surface area contributed by atoms with Crippen LogP contribution in [0.1, 0.15) is 33.4 Å². The van der Waals surface area contributed by atoms with E-state index in [0.717, 1.165) is 33.4 Å². The van der Waals surface area contributed by atoms with Gasteiger partial charge in [-0.3, -0.25) is 20.2 Å². The Kier molecular flexibility index (Phi) is 6.17. The molecule has 0 unspecified atom stereocenters. The van der Waals surface area contributed by atoms with Crippen molar-refractivity contribution in [1.29, 1.82) is 0 Å². The highest BCUT2D eigenvalue weighted by molar-refractivity contribution is 5.49. The molecular formula is C18H22N2O4. The highest BCUT2D eigenvalue weighted by Crippen LogP contribution is 2.24. The Morgan fingerprint density at radius 3 is 0.958 bits per heavy atom. The van der Waals surface area contributed by atoms with E-state index in [1.165, 1.54) is 0 Å². The first-order valence-corrected chi connectivity index (χ1v) is 7.49. The van der Waals surface area contributed by atoms with Crippen LogP contribution in [0.3, 0.4) is 0 Å². The zero-order chi connectivity index (χ0) is 18.6. The average Bonchev–Trinajstić information content (AvgIpc) is 2.35. The van der Waals surface area contributed by atoms with Gasteiger partial charge in [0, 0.05) is 22.3 Å². The lowest BCUT2D eigenvalue weighted by Gasteiger charge is -2.01. The molecule has 0 N–H and O–H groups in total. The standard InChI is InChI=1S/2C9H11NO2/c2*1-6-4-7(2)9(10(11)12)8(3)5-6/h2*4-5H,1-3H3. The van der Waals surface area contributed by atoms with Crippen LogP contribution < -0.4 is 0 Å². The van der Waals surface area contributed by atoms with E-state index in [1.807, 2.05) is 38.1 Å². The number of hydrogen-bond acceptors (Lipinski definition) is 4. The smallest absolute Gasteiger partial charge is 0.258 e. The molecule has 0 aromatic heterocycles. The maximum absolute atomic E-state index is 10.6. The molecule has 0 bridgehead atoms. The summed E-state index contributed by atoms with van der Waals surface area (Å²) in [5.41, 5.74) is 5.54. The lowest BCUT2D eigenvalue weighted by atomic mass is 10.1. The Morgan fingerprint density at radius 2 is 0.792 bits per heavy atom. The van der Waals surface area contributed by atoms with Gasteiger partial charge < -0.3 is 0 Å². The fraction of sp³-hybridized carbons (Fsp3) is 0.333. The summed E-state index contributed by atoms with van der Waals surface area (Å²) in [6.45, 7) is 10.9. The maximum Gasteiger partial charge on any atom is 0.275 e. The number of benzene rings is 2. The minimum absolute atomic E-state index is 0.237. The highest BCUT2D eigenvalue weighted by atomic mass is 16.6. The third kappa shape index (κ3) is 4.62. The SMILES string of the molecule is Cc1cc(C)c([N+](=O)[O-])c(C)c1.Cc1cc(C)c([N+](=O)[O-])c(C)c1. The summed E-state index contributed by atoms with van der Waals surface area (Å²) < 4.78 is 0. The number of rotatable bonds is 2. The second-order valence-corrected chi connectivity index (χ2v) is 6.01. The highest BCUT2D eigenvalue weighted by Gasteiger charge is 2.14. The van der Waals surface area contributed by atoms with E-state index in [9.17, 15) is 20.2 Å². The van der Waals surface area contributed by atoms with E-state index in [-0.39, 0.29) is 21.2 Å². The molecule has 0 aliphatic rings. The van der Waals surface area contributed by atoms with Crippen molar-refractivity contribution in [2.75, 3.05) is 0 Å². The molecule has 0 aliphatic carbocycles. The van der Waals surface area contributed by atoms with Crippen LogP contribution in [0.2, 0.25) is 0 Å². The Balaban J connectivity index is 0.000000240. The number of aryl methyl sites for hydroxylation is 6. The second-order valence-electron chi connectivity index (χ2n) is 6.01. The van der Waals surface area contributed by atoms with Crippen LogP contribution in [0.4, 0.5) is 11.4 Å². The van der Waals surface area contributed by atoms with Gasteiger partial charge in [0.1, 0.15) is 0 Å². The van der Waals surface area contributed by atoms with Crippen molar-refractivity contribution in [1.82, 2.24) is 0 Å². The molecule has 2 aromatic carbocycles. The monoisotopic (exact) mass is 330 g/mol. The van der Waals surface area contributed by atoms with Crippen molar-refractivity contribution in [3.05, 3.63) is 77.9 Å². The molecule has 0 saturated heterocycles. The maximum atomic E-state index is 10.6. The summed E-state index contributed by atoms with van der Waals surface area (Å²) in [7, 11) is 0. The third-order valence-corrected chi connectivity index (χ3v) is 3.64. The van der Waals surface area contributed by atoms with E-state index in [4.69, 9.17) is 0 Å². The van der Waals surface area contributed by atoms with Crippen molar-refractivity contribution in [3.63, 3.8) is 0 Å². The van der Waals surface area contributed by atoms with E-state index in [2.05, 4.69) is 0 Å². The van der Waals surface area contributed by atoms with Crippen LogP contribution in [-0.4, -0.2) is 9.85 Å². The van der Waals surface area contributed by atoms with Gasteiger partial charge in [0.05, 0.1) is 9.85 Å². The zero-order valence-corrected chi connectivity index (χ0v) is 14.8. The first-order chi connectivity index (χ1) is 11.0. The summed E-state index contributed by atoms with van der Waals surface area (Å²) in [5, 5.41) is 21.1. The van der Waals surface area contributed by atoms with Crippen molar-refractivity contribution >= 4 is 11.4 Å². The molecule has 6 nitrogen and oxygen atoms in total. The number of nitro groups is 2. The fourth-order valence-corrected chi connectivity index (χ4v) is 2.92. The molecule has 2 rings (SSSR count). The summed E-state index contributed by atoms with van der Waals surface area (Å²) in [6, 6.07) is 7.30. The summed E-state index contributed by atoms with van der Waals surface area (Å²) in [4.78, 5) is 20.5. The van der Waals surface area contributed by atoms with Crippen LogP contribution in [-0.2, 0) is 0 Å². The van der Waals surface area contributed by atoms with Crippen molar-refractivity contribution < 1.29 is 9.85 Å². The van der Waals surface area contributed by atoms with E-state index < -0.39 is 0 Å². The molecule has 0 spiro atoms. The van der Waals surface area contributed by atoms with Gasteiger partial charge in [-0.1, -0.05) is 11.1 Å². The van der Waals surface area contributed by atoms with Gasteiger partial charge in [-0.2, -0.15) is 0 Å². The van der Waals surface area contributed by atoms with Gasteiger partial charge in [0.2, 0.25) is 0 Å². The van der Waals surface area contributed by atoms with Crippen LogP contribution in [0.5, 0.6) is 0 Å². The normalized spacial score (nSPS) is 9.92. The first-order valence-electron chi connectivity index (χ1n) is 7.49. The molecule has 0 heterocycles. The van der Waals surface area contributed by atoms with Crippen molar-refractivity contribution in [2.45, 2.75) is 41.5 Å². The Morgan fingerprint density at radius 1 is 0.583 bits per heavy atom. The molecule has 24 heavy (non-hydrogen) atoms. The quantitative estimate of drug-likeness (QED) is 0.570. The van der Waals surface area contributed by atoms with Gasteiger partial charge in [-0.05, 0) is 65.8 Å². The van der Waals surface area contributed by atoms with Crippen LogP contribution in [0, 0.1) is 61.8 Å². The third-order valence-electron chi connectivity index (χ3n) is 3.64. The van der Waals surface area contributed by atoms with Crippen LogP contribution in [0.25, 0.3) is 0 Å². The van der Waals surface area contributed by atoms with Gasteiger partial charge in [-0.15, -0.1) is 0 Å². The predicted octanol–water partition coefficient (Wildman–Crippen LogP) is 5.04. The second kappa shape index (κ2) is 7.68. The Hall–Kier alpha value is -2.76. The van der Waals surface area contributed by atoms with Crippen molar-refractivity contribution in [2.24, 2.45) is 0 Å². The van der Waals surface area contributed by atoms with E-state index >= 15 is 0 Å². The van der Waals surface area contributed by atoms with E-state index in [1.54, 1.807) is 27.7 Å². The fourth-order valence-electron chi connectivity index (χ4n) is 2.92. The summed E-state index contributed by atoms with van der Waals surface area (Å²) in [5.74, 6) is 0. The van der Waals surface area contributed by atoms with Gasteiger partial charge in [0.15, 0.2) is 0 Å². The Labute approximate surface area is 141 Å². The molecule has 0 atom stereocenters. The van der Waals surface area contributed by atoms with Gasteiger partial charge in [-0.25, -0.2) is 0 Å². The number of nitro benzene ring substituents is 2. The van der Waals surface area contributed by atoms with Gasteiger partial charge >= 0.3 is 0 Å². The molecule has 2 aromatic rings. The summed E-state index contributed by atoms with van der Waals surface area (Å²) >= 11 is 0. The molecular weight excluding hydrogens is 308 g/mol. The van der Waals surface area contributed by atoms with E-state index in [0.29, 0.717) is 0 Å². The average molecular weight is 330 g/mol. The number of hydrogen-bond donors (Lipinski definition) is 0. The molecule has 128 valence electrons. The van der Waals surface area contributed by atoms with Crippen LogP contribution >= 0.6 is 0 Å². The Bertz CT molecular complexity index is 684. The molecule has 0 amide bonds. The predicted molar refractivity (Wildman–Crippen MR) is 94.6 cm³/mol. The molecule has 6 heteroatoms. The minimum atomic E-state index is -0.329. The van der Waals surface area contributed by atoms with Gasteiger partial charge in [0.25, 0.3) is 11.4 Å². The molecule has 0 radical (unpaired) electrons. The molecule has 0 saturated carbocycles.